The highest BCUT2D eigenvalue weighted by molar-refractivity contribution is 9.10. The van der Waals surface area contributed by atoms with Crippen LogP contribution in [0.1, 0.15) is 5.56 Å². The van der Waals surface area contributed by atoms with Crippen molar-refractivity contribution in [1.29, 1.82) is 0 Å². The molecular formula is C13H7BrCl2F3N. The fourth-order valence-electron chi connectivity index (χ4n) is 1.61. The summed E-state index contributed by atoms with van der Waals surface area (Å²) in [7, 11) is 0. The third-order valence-electron chi connectivity index (χ3n) is 2.52. The summed E-state index contributed by atoms with van der Waals surface area (Å²) in [4.78, 5) is 0. The molecule has 1 N–H and O–H groups in total. The molecule has 0 aromatic heterocycles. The molecule has 0 spiro atoms. The second-order valence-corrected chi connectivity index (χ2v) is 5.70. The van der Waals surface area contributed by atoms with Crippen molar-refractivity contribution in [3.8, 4) is 0 Å². The topological polar surface area (TPSA) is 12.0 Å². The highest BCUT2D eigenvalue weighted by Gasteiger charge is 2.12. The van der Waals surface area contributed by atoms with Gasteiger partial charge in [0.2, 0.25) is 0 Å². The van der Waals surface area contributed by atoms with Crippen molar-refractivity contribution >= 4 is 44.8 Å². The lowest BCUT2D eigenvalue weighted by atomic mass is 10.2. The predicted molar refractivity (Wildman–Crippen MR) is 77.8 cm³/mol. The molecule has 0 unspecified atom stereocenters. The maximum atomic E-state index is 13.1. The Kier molecular flexibility index (Phi) is 4.83. The average molecular weight is 385 g/mol. The van der Waals surface area contributed by atoms with Crippen LogP contribution in [-0.4, -0.2) is 0 Å². The van der Waals surface area contributed by atoms with E-state index in [0.717, 1.165) is 12.1 Å². The minimum absolute atomic E-state index is 0.0508. The molecule has 0 amide bonds. The number of hydrogen-bond acceptors (Lipinski definition) is 1. The van der Waals surface area contributed by atoms with E-state index >= 15 is 0 Å². The van der Waals surface area contributed by atoms with E-state index in [4.69, 9.17) is 23.2 Å². The van der Waals surface area contributed by atoms with Gasteiger partial charge in [0.25, 0.3) is 0 Å². The highest BCUT2D eigenvalue weighted by Crippen LogP contribution is 2.34. The van der Waals surface area contributed by atoms with Crippen LogP contribution in [0.4, 0.5) is 18.9 Å². The molecule has 0 heterocycles. The van der Waals surface area contributed by atoms with Gasteiger partial charge in [0.05, 0.1) is 15.7 Å². The summed E-state index contributed by atoms with van der Waals surface area (Å²) in [5.41, 5.74) is 0.665. The molecule has 0 aliphatic carbocycles. The predicted octanol–water partition coefficient (Wildman–Crippen LogP) is 5.79. The Bertz CT molecular complexity index is 618. The normalized spacial score (nSPS) is 10.7. The van der Waals surface area contributed by atoms with E-state index in [-0.39, 0.29) is 12.1 Å². The molecule has 0 aliphatic heterocycles. The van der Waals surface area contributed by atoms with Gasteiger partial charge in [-0.1, -0.05) is 39.1 Å². The Balaban J connectivity index is 2.21. The fraction of sp³-hybridized carbons (Fsp3) is 0.0769. The zero-order chi connectivity index (χ0) is 14.9. The van der Waals surface area contributed by atoms with E-state index in [1.165, 1.54) is 0 Å². The van der Waals surface area contributed by atoms with Crippen molar-refractivity contribution < 1.29 is 13.2 Å². The molecule has 0 bridgehead atoms. The molecule has 2 rings (SSSR count). The van der Waals surface area contributed by atoms with Crippen molar-refractivity contribution in [3.05, 3.63) is 61.8 Å². The summed E-state index contributed by atoms with van der Waals surface area (Å²) in [6.07, 6.45) is 0. The fourth-order valence-corrected chi connectivity index (χ4v) is 2.95. The van der Waals surface area contributed by atoms with E-state index < -0.39 is 17.5 Å². The van der Waals surface area contributed by atoms with Gasteiger partial charge in [0.15, 0.2) is 17.5 Å². The smallest absolute Gasteiger partial charge is 0.194 e. The third kappa shape index (κ3) is 3.40. The molecule has 1 nitrogen and oxygen atoms in total. The molecule has 0 atom stereocenters. The average Bonchev–Trinajstić information content (AvgIpc) is 2.34. The quantitative estimate of drug-likeness (QED) is 0.661. The summed E-state index contributed by atoms with van der Waals surface area (Å²) >= 11 is 15.2. The molecule has 0 radical (unpaired) electrons. The summed E-state index contributed by atoms with van der Waals surface area (Å²) in [5.74, 6) is -3.97. The van der Waals surface area contributed by atoms with Crippen molar-refractivity contribution in [3.63, 3.8) is 0 Å². The van der Waals surface area contributed by atoms with Crippen LogP contribution < -0.4 is 5.32 Å². The Morgan fingerprint density at radius 3 is 1.95 bits per heavy atom. The van der Waals surface area contributed by atoms with Gasteiger partial charge in [-0.25, -0.2) is 13.2 Å². The molecule has 2 aromatic rings. The van der Waals surface area contributed by atoms with E-state index in [2.05, 4.69) is 21.2 Å². The van der Waals surface area contributed by atoms with Crippen molar-refractivity contribution in [2.75, 3.05) is 5.32 Å². The number of halogens is 6. The first kappa shape index (κ1) is 15.5. The number of anilines is 1. The van der Waals surface area contributed by atoms with Crippen LogP contribution in [0.25, 0.3) is 0 Å². The standard InChI is InChI=1S/C13H7BrCl2F3N/c14-7-3-8(15)13(9(16)4-7)20-5-6-1-10(17)12(19)11(18)2-6/h1-4,20H,5H2. The summed E-state index contributed by atoms with van der Waals surface area (Å²) in [6.45, 7) is 0.0508. The molecule has 0 saturated heterocycles. The van der Waals surface area contributed by atoms with E-state index in [1.807, 2.05) is 0 Å². The molecule has 0 saturated carbocycles. The summed E-state index contributed by atoms with van der Waals surface area (Å²) < 4.78 is 39.7. The Hall–Kier alpha value is -0.910. The third-order valence-corrected chi connectivity index (χ3v) is 3.57. The van der Waals surface area contributed by atoms with Gasteiger partial charge in [-0.05, 0) is 29.8 Å². The second kappa shape index (κ2) is 6.24. The van der Waals surface area contributed by atoms with Crippen molar-refractivity contribution in [2.24, 2.45) is 0 Å². The molecule has 2 aromatic carbocycles. The minimum atomic E-state index is -1.49. The van der Waals surface area contributed by atoms with Crippen LogP contribution in [0.15, 0.2) is 28.7 Å². The first-order valence-electron chi connectivity index (χ1n) is 5.40. The van der Waals surface area contributed by atoms with Crippen molar-refractivity contribution in [2.45, 2.75) is 6.54 Å². The summed E-state index contributed by atoms with van der Waals surface area (Å²) in [5, 5.41) is 3.57. The van der Waals surface area contributed by atoms with Crippen molar-refractivity contribution in [1.82, 2.24) is 0 Å². The Morgan fingerprint density at radius 1 is 0.950 bits per heavy atom. The van der Waals surface area contributed by atoms with Gasteiger partial charge in [-0.3, -0.25) is 0 Å². The summed E-state index contributed by atoms with van der Waals surface area (Å²) in [6, 6.07) is 5.07. The SMILES string of the molecule is Fc1cc(CNc2c(Cl)cc(Br)cc2Cl)cc(F)c1F. The van der Waals surface area contributed by atoms with Crippen LogP contribution in [0.5, 0.6) is 0 Å². The zero-order valence-electron chi connectivity index (χ0n) is 9.78. The maximum absolute atomic E-state index is 13.1. The largest absolute Gasteiger partial charge is 0.379 e. The first-order chi connectivity index (χ1) is 9.38. The molecule has 7 heteroatoms. The lowest BCUT2D eigenvalue weighted by Gasteiger charge is -2.11. The van der Waals surface area contributed by atoms with Gasteiger partial charge in [-0.2, -0.15) is 0 Å². The Morgan fingerprint density at radius 2 is 1.45 bits per heavy atom. The van der Waals surface area contributed by atoms with Gasteiger partial charge < -0.3 is 5.32 Å². The molecular weight excluding hydrogens is 378 g/mol. The lowest BCUT2D eigenvalue weighted by Crippen LogP contribution is -2.03. The molecule has 0 aliphatic rings. The van der Waals surface area contributed by atoms with Gasteiger partial charge in [0, 0.05) is 11.0 Å². The Labute approximate surface area is 131 Å². The number of rotatable bonds is 3. The number of nitrogens with one attached hydrogen (secondary N) is 1. The maximum Gasteiger partial charge on any atom is 0.194 e. The monoisotopic (exact) mass is 383 g/mol. The van der Waals surface area contributed by atoms with E-state index in [1.54, 1.807) is 12.1 Å². The van der Waals surface area contributed by atoms with Crippen LogP contribution >= 0.6 is 39.1 Å². The van der Waals surface area contributed by atoms with Gasteiger partial charge >= 0.3 is 0 Å². The van der Waals surface area contributed by atoms with Crippen LogP contribution in [-0.2, 0) is 6.54 Å². The molecule has 106 valence electrons. The van der Waals surface area contributed by atoms with Gasteiger partial charge in [0.1, 0.15) is 0 Å². The van der Waals surface area contributed by atoms with Gasteiger partial charge in [-0.15, -0.1) is 0 Å². The zero-order valence-corrected chi connectivity index (χ0v) is 12.9. The second-order valence-electron chi connectivity index (χ2n) is 3.97. The van der Waals surface area contributed by atoms with Crippen LogP contribution in [0.2, 0.25) is 10.0 Å². The first-order valence-corrected chi connectivity index (χ1v) is 6.95. The number of benzene rings is 2. The van der Waals surface area contributed by atoms with Crippen LogP contribution in [0.3, 0.4) is 0 Å². The minimum Gasteiger partial charge on any atom is -0.379 e. The van der Waals surface area contributed by atoms with E-state index in [0.29, 0.717) is 20.2 Å². The highest BCUT2D eigenvalue weighted by atomic mass is 79.9. The molecule has 0 fully saturated rings. The lowest BCUT2D eigenvalue weighted by molar-refractivity contribution is 0.445. The molecule has 20 heavy (non-hydrogen) atoms. The number of hydrogen-bond donors (Lipinski definition) is 1. The van der Waals surface area contributed by atoms with Crippen LogP contribution in [0, 0.1) is 17.5 Å². The van der Waals surface area contributed by atoms with E-state index in [9.17, 15) is 13.2 Å².